The van der Waals surface area contributed by atoms with Crippen molar-refractivity contribution in [3.8, 4) is 0 Å². The number of carbonyl (C=O) groups is 1. The summed E-state index contributed by atoms with van der Waals surface area (Å²) < 4.78 is 0. The number of anilines is 1. The second kappa shape index (κ2) is 7.20. The topological polar surface area (TPSA) is 32.3 Å². The lowest BCUT2D eigenvalue weighted by Gasteiger charge is -2.32. The van der Waals surface area contributed by atoms with Crippen LogP contribution in [0, 0.1) is 6.92 Å². The lowest BCUT2D eigenvalue weighted by molar-refractivity contribution is 0.236. The fraction of sp³-hybridized carbons (Fsp3) is 0.261. The Labute approximate surface area is 155 Å². The van der Waals surface area contributed by atoms with Gasteiger partial charge in [-0.1, -0.05) is 54.6 Å². The van der Waals surface area contributed by atoms with Crippen LogP contribution in [0.4, 0.5) is 10.5 Å². The summed E-state index contributed by atoms with van der Waals surface area (Å²) in [5, 5.41) is 5.57. The van der Waals surface area contributed by atoms with Gasteiger partial charge in [-0.2, -0.15) is 0 Å². The number of hydrogen-bond donors (Lipinski definition) is 1. The molecule has 2 amide bonds. The van der Waals surface area contributed by atoms with Crippen LogP contribution >= 0.6 is 0 Å². The highest BCUT2D eigenvalue weighted by atomic mass is 16.2. The zero-order chi connectivity index (χ0) is 18.7. The molecule has 0 aliphatic carbocycles. The van der Waals surface area contributed by atoms with Crippen molar-refractivity contribution in [3.63, 3.8) is 0 Å². The Morgan fingerprint density at radius 2 is 1.69 bits per heavy atom. The van der Waals surface area contributed by atoms with Crippen molar-refractivity contribution in [2.45, 2.75) is 33.2 Å². The van der Waals surface area contributed by atoms with Crippen molar-refractivity contribution in [2.24, 2.45) is 0 Å². The van der Waals surface area contributed by atoms with Crippen LogP contribution in [-0.4, -0.2) is 12.6 Å². The maximum atomic E-state index is 13.0. The van der Waals surface area contributed by atoms with Gasteiger partial charge in [-0.05, 0) is 61.7 Å². The SMILES string of the molecule is CCN(C(=O)NC(C)(C)c1cccc2ccccc12)c1cccc(C)c1. The minimum atomic E-state index is -0.491. The first-order valence-corrected chi connectivity index (χ1v) is 9.07. The summed E-state index contributed by atoms with van der Waals surface area (Å²) in [4.78, 5) is 14.8. The maximum absolute atomic E-state index is 13.0. The number of amides is 2. The molecule has 26 heavy (non-hydrogen) atoms. The Morgan fingerprint density at radius 3 is 2.42 bits per heavy atom. The van der Waals surface area contributed by atoms with Gasteiger partial charge in [0.15, 0.2) is 0 Å². The van der Waals surface area contributed by atoms with Gasteiger partial charge in [0.05, 0.1) is 5.54 Å². The molecule has 0 heterocycles. The van der Waals surface area contributed by atoms with Crippen LogP contribution in [0.1, 0.15) is 31.9 Å². The van der Waals surface area contributed by atoms with Crippen molar-refractivity contribution >= 4 is 22.5 Å². The molecule has 0 radical (unpaired) electrons. The first-order chi connectivity index (χ1) is 12.4. The third-order valence-electron chi connectivity index (χ3n) is 4.76. The maximum Gasteiger partial charge on any atom is 0.322 e. The van der Waals surface area contributed by atoms with Crippen LogP contribution in [0.15, 0.2) is 66.7 Å². The van der Waals surface area contributed by atoms with E-state index in [0.29, 0.717) is 6.54 Å². The fourth-order valence-electron chi connectivity index (χ4n) is 3.41. The van der Waals surface area contributed by atoms with Crippen LogP contribution in [0.2, 0.25) is 0 Å². The van der Waals surface area contributed by atoms with Gasteiger partial charge in [0, 0.05) is 12.2 Å². The molecule has 0 spiro atoms. The van der Waals surface area contributed by atoms with Gasteiger partial charge in [0.25, 0.3) is 0 Å². The van der Waals surface area contributed by atoms with E-state index in [0.717, 1.165) is 16.8 Å². The second-order valence-corrected chi connectivity index (χ2v) is 7.17. The molecule has 1 N–H and O–H groups in total. The predicted octanol–water partition coefficient (Wildman–Crippen LogP) is 5.62. The number of rotatable bonds is 4. The number of nitrogens with one attached hydrogen (secondary N) is 1. The molecule has 0 aliphatic rings. The summed E-state index contributed by atoms with van der Waals surface area (Å²) in [6, 6.07) is 22.5. The summed E-state index contributed by atoms with van der Waals surface area (Å²) in [7, 11) is 0. The molecule has 0 saturated heterocycles. The number of benzene rings is 3. The van der Waals surface area contributed by atoms with Crippen molar-refractivity contribution in [3.05, 3.63) is 77.9 Å². The van der Waals surface area contributed by atoms with Crippen molar-refractivity contribution in [1.29, 1.82) is 0 Å². The Bertz CT molecular complexity index is 925. The molecule has 0 aliphatic heterocycles. The van der Waals surface area contributed by atoms with Gasteiger partial charge in [-0.3, -0.25) is 4.90 Å². The van der Waals surface area contributed by atoms with Gasteiger partial charge in [0.1, 0.15) is 0 Å². The van der Waals surface area contributed by atoms with Crippen molar-refractivity contribution < 1.29 is 4.79 Å². The van der Waals surface area contributed by atoms with E-state index in [9.17, 15) is 4.79 Å². The number of urea groups is 1. The number of fused-ring (bicyclic) bond motifs is 1. The van der Waals surface area contributed by atoms with Crippen molar-refractivity contribution in [1.82, 2.24) is 5.32 Å². The average Bonchev–Trinajstić information content (AvgIpc) is 2.61. The predicted molar refractivity (Wildman–Crippen MR) is 110 cm³/mol. The summed E-state index contributed by atoms with van der Waals surface area (Å²) in [6.07, 6.45) is 0. The minimum Gasteiger partial charge on any atom is -0.329 e. The molecule has 0 bridgehead atoms. The molecule has 3 aromatic carbocycles. The highest BCUT2D eigenvalue weighted by Gasteiger charge is 2.27. The van der Waals surface area contributed by atoms with Gasteiger partial charge in [0.2, 0.25) is 0 Å². The monoisotopic (exact) mass is 346 g/mol. The molecule has 134 valence electrons. The second-order valence-electron chi connectivity index (χ2n) is 7.17. The number of aryl methyl sites for hydroxylation is 1. The molecule has 0 unspecified atom stereocenters. The van der Waals surface area contributed by atoms with E-state index in [1.165, 1.54) is 10.8 Å². The molecular formula is C23H26N2O. The first kappa shape index (κ1) is 18.0. The van der Waals surface area contributed by atoms with E-state index in [4.69, 9.17) is 0 Å². The summed E-state index contributed by atoms with van der Waals surface area (Å²) in [5.74, 6) is 0. The third-order valence-corrected chi connectivity index (χ3v) is 4.76. The largest absolute Gasteiger partial charge is 0.329 e. The van der Waals surface area contributed by atoms with Crippen molar-refractivity contribution in [2.75, 3.05) is 11.4 Å². The lowest BCUT2D eigenvalue weighted by Crippen LogP contribution is -2.48. The Hall–Kier alpha value is -2.81. The van der Waals surface area contributed by atoms with E-state index >= 15 is 0 Å². The standard InChI is InChI=1S/C23H26N2O/c1-5-25(19-13-8-10-17(2)16-19)22(26)24-23(3,4)21-15-9-12-18-11-6-7-14-20(18)21/h6-16H,5H2,1-4H3,(H,24,26). The normalized spacial score (nSPS) is 11.4. The molecule has 3 rings (SSSR count). The van der Waals surface area contributed by atoms with Crippen LogP contribution in [-0.2, 0) is 5.54 Å². The summed E-state index contributed by atoms with van der Waals surface area (Å²) in [6.45, 7) is 8.75. The average molecular weight is 346 g/mol. The van der Waals surface area contributed by atoms with Gasteiger partial charge in [-0.15, -0.1) is 0 Å². The van der Waals surface area contributed by atoms with E-state index in [-0.39, 0.29) is 6.03 Å². The lowest BCUT2D eigenvalue weighted by atomic mass is 9.89. The Kier molecular flexibility index (Phi) is 4.99. The first-order valence-electron chi connectivity index (χ1n) is 9.07. The number of hydrogen-bond acceptors (Lipinski definition) is 1. The van der Waals surface area contributed by atoms with Gasteiger partial charge in [-0.25, -0.2) is 4.79 Å². The van der Waals surface area contributed by atoms with E-state index in [1.807, 2.05) is 56.3 Å². The molecule has 3 nitrogen and oxygen atoms in total. The Balaban J connectivity index is 1.91. The zero-order valence-corrected chi connectivity index (χ0v) is 15.9. The van der Waals surface area contributed by atoms with E-state index < -0.39 is 5.54 Å². The highest BCUT2D eigenvalue weighted by molar-refractivity contribution is 5.93. The third kappa shape index (κ3) is 3.57. The molecule has 3 aromatic rings. The zero-order valence-electron chi connectivity index (χ0n) is 15.9. The smallest absolute Gasteiger partial charge is 0.322 e. The highest BCUT2D eigenvalue weighted by Crippen LogP contribution is 2.29. The molecule has 0 atom stereocenters. The Morgan fingerprint density at radius 1 is 1.00 bits per heavy atom. The molecule has 0 fully saturated rings. The molecular weight excluding hydrogens is 320 g/mol. The van der Waals surface area contributed by atoms with Crippen LogP contribution in [0.3, 0.4) is 0 Å². The number of carbonyl (C=O) groups excluding carboxylic acids is 1. The fourth-order valence-corrected chi connectivity index (χ4v) is 3.41. The van der Waals surface area contributed by atoms with Gasteiger partial charge >= 0.3 is 6.03 Å². The van der Waals surface area contributed by atoms with E-state index in [1.54, 1.807) is 4.90 Å². The summed E-state index contributed by atoms with van der Waals surface area (Å²) >= 11 is 0. The molecule has 3 heteroatoms. The van der Waals surface area contributed by atoms with Gasteiger partial charge < -0.3 is 5.32 Å². The minimum absolute atomic E-state index is 0.0870. The molecule has 0 aromatic heterocycles. The number of nitrogens with zero attached hydrogens (tertiary/aromatic N) is 1. The summed E-state index contributed by atoms with van der Waals surface area (Å²) in [5.41, 5.74) is 2.68. The quantitative estimate of drug-likeness (QED) is 0.653. The van der Waals surface area contributed by atoms with Crippen LogP contribution in [0.25, 0.3) is 10.8 Å². The van der Waals surface area contributed by atoms with E-state index in [2.05, 4.69) is 43.4 Å². The van der Waals surface area contributed by atoms with Crippen LogP contribution in [0.5, 0.6) is 0 Å². The molecule has 0 saturated carbocycles. The van der Waals surface area contributed by atoms with Crippen LogP contribution < -0.4 is 10.2 Å².